The Morgan fingerprint density at radius 2 is 2.04 bits per heavy atom. The molecular weight excluding hydrogens is 348 g/mol. The number of likely N-dealkylation sites (N-methyl/N-ethyl adjacent to an activating group) is 1. The minimum atomic E-state index is 0.622. The molecule has 3 rings (SSSR count). The second kappa shape index (κ2) is 10.8. The van der Waals surface area contributed by atoms with Crippen LogP contribution in [0.3, 0.4) is 0 Å². The number of nitrogens with zero attached hydrogens (tertiary/aromatic N) is 3. The average molecular weight is 387 g/mol. The van der Waals surface area contributed by atoms with Gasteiger partial charge >= 0.3 is 0 Å². The fourth-order valence-electron chi connectivity index (χ4n) is 3.92. The topological polar surface area (TPSA) is 40.1 Å². The van der Waals surface area contributed by atoms with E-state index in [1.54, 1.807) is 0 Å². The van der Waals surface area contributed by atoms with Gasteiger partial charge in [0, 0.05) is 52.4 Å². The highest BCUT2D eigenvalue weighted by Crippen LogP contribution is 2.28. The fraction of sp³-hybridized carbons (Fsp3) is 0.696. The molecule has 1 aliphatic heterocycles. The van der Waals surface area contributed by atoms with Crippen molar-refractivity contribution in [2.45, 2.75) is 45.7 Å². The molecule has 28 heavy (non-hydrogen) atoms. The third-order valence-corrected chi connectivity index (χ3v) is 5.84. The van der Waals surface area contributed by atoms with Crippen molar-refractivity contribution >= 4 is 5.96 Å². The van der Waals surface area contributed by atoms with Gasteiger partial charge in [0.15, 0.2) is 5.96 Å². The van der Waals surface area contributed by atoms with Gasteiger partial charge in [-0.3, -0.25) is 9.89 Å². The predicted octanol–water partition coefficient (Wildman–Crippen LogP) is 3.22. The summed E-state index contributed by atoms with van der Waals surface area (Å²) >= 11 is 0. The molecule has 2 fully saturated rings. The largest absolute Gasteiger partial charge is 0.379 e. The zero-order valence-corrected chi connectivity index (χ0v) is 17.9. The summed E-state index contributed by atoms with van der Waals surface area (Å²) in [6.45, 7) is 11.0. The number of aliphatic imine (C=N–C) groups is 1. The normalized spacial score (nSPS) is 23.2. The van der Waals surface area contributed by atoms with Crippen LogP contribution in [0.25, 0.3) is 0 Å². The first kappa shape index (κ1) is 21.1. The molecule has 1 heterocycles. The second-order valence-corrected chi connectivity index (χ2v) is 8.50. The highest BCUT2D eigenvalue weighted by molar-refractivity contribution is 5.79. The Labute approximate surface area is 171 Å². The molecule has 2 atom stereocenters. The van der Waals surface area contributed by atoms with E-state index in [0.29, 0.717) is 12.0 Å². The van der Waals surface area contributed by atoms with Gasteiger partial charge < -0.3 is 15.0 Å². The molecule has 5 nitrogen and oxygen atoms in total. The highest BCUT2D eigenvalue weighted by atomic mass is 16.5. The van der Waals surface area contributed by atoms with E-state index < -0.39 is 0 Å². The van der Waals surface area contributed by atoms with E-state index in [-0.39, 0.29) is 0 Å². The molecule has 0 aromatic heterocycles. The highest BCUT2D eigenvalue weighted by Gasteiger charge is 2.28. The van der Waals surface area contributed by atoms with Crippen LogP contribution in [0.2, 0.25) is 0 Å². The molecule has 0 bridgehead atoms. The lowest BCUT2D eigenvalue weighted by atomic mass is 10.1. The summed E-state index contributed by atoms with van der Waals surface area (Å²) in [5, 5.41) is 3.44. The third-order valence-electron chi connectivity index (χ3n) is 5.84. The van der Waals surface area contributed by atoms with E-state index >= 15 is 0 Å². The summed E-state index contributed by atoms with van der Waals surface area (Å²) < 4.78 is 5.79. The van der Waals surface area contributed by atoms with Gasteiger partial charge in [-0.2, -0.15) is 0 Å². The molecule has 1 saturated heterocycles. The quantitative estimate of drug-likeness (QED) is 0.381. The van der Waals surface area contributed by atoms with Crippen molar-refractivity contribution in [1.29, 1.82) is 0 Å². The first-order valence-corrected chi connectivity index (χ1v) is 11.0. The number of nitrogens with one attached hydrogen (secondary N) is 1. The van der Waals surface area contributed by atoms with Gasteiger partial charge in [-0.1, -0.05) is 30.3 Å². The molecule has 156 valence electrons. The van der Waals surface area contributed by atoms with Crippen LogP contribution in [0.1, 0.15) is 38.7 Å². The maximum absolute atomic E-state index is 5.79. The van der Waals surface area contributed by atoms with Crippen molar-refractivity contribution < 1.29 is 4.74 Å². The molecule has 0 spiro atoms. The van der Waals surface area contributed by atoms with Gasteiger partial charge in [0.1, 0.15) is 0 Å². The molecule has 1 aromatic rings. The predicted molar refractivity (Wildman–Crippen MR) is 117 cm³/mol. The minimum absolute atomic E-state index is 0.622. The van der Waals surface area contributed by atoms with Crippen LogP contribution >= 0.6 is 0 Å². The Hall–Kier alpha value is -1.59. The summed E-state index contributed by atoms with van der Waals surface area (Å²) in [4.78, 5) is 9.75. The van der Waals surface area contributed by atoms with Crippen molar-refractivity contribution in [3.05, 3.63) is 35.9 Å². The van der Waals surface area contributed by atoms with Crippen molar-refractivity contribution in [1.82, 2.24) is 15.1 Å². The number of guanidine groups is 1. The van der Waals surface area contributed by atoms with E-state index in [0.717, 1.165) is 57.8 Å². The van der Waals surface area contributed by atoms with Crippen LogP contribution in [-0.2, 0) is 11.3 Å². The summed E-state index contributed by atoms with van der Waals surface area (Å²) in [5.74, 6) is 2.47. The maximum atomic E-state index is 5.79. The van der Waals surface area contributed by atoms with Gasteiger partial charge in [-0.25, -0.2) is 0 Å². The first-order valence-electron chi connectivity index (χ1n) is 11.0. The van der Waals surface area contributed by atoms with Gasteiger partial charge in [-0.15, -0.1) is 0 Å². The van der Waals surface area contributed by atoms with E-state index in [1.165, 1.54) is 24.8 Å². The number of hydrogen-bond acceptors (Lipinski definition) is 3. The van der Waals surface area contributed by atoms with Crippen molar-refractivity contribution in [3.8, 4) is 0 Å². The SMILES string of the molecule is CCNC(=NCC1CC(C)N(Cc2ccccc2)C1)N(C)CCOCC1CC1. The summed E-state index contributed by atoms with van der Waals surface area (Å²) in [5.41, 5.74) is 1.40. The Balaban J connectivity index is 1.45. The van der Waals surface area contributed by atoms with Gasteiger partial charge in [-0.05, 0) is 50.5 Å². The van der Waals surface area contributed by atoms with Crippen molar-refractivity contribution in [2.75, 3.05) is 46.4 Å². The standard InChI is InChI=1S/C23H38N4O/c1-4-24-23(26(3)12-13-28-18-21-10-11-21)25-15-22-14-19(2)27(17-22)16-20-8-6-5-7-9-20/h5-9,19,21-22H,4,10-18H2,1-3H3,(H,24,25). The smallest absolute Gasteiger partial charge is 0.193 e. The van der Waals surface area contributed by atoms with Crippen LogP contribution in [-0.4, -0.2) is 68.2 Å². The Morgan fingerprint density at radius 1 is 1.25 bits per heavy atom. The van der Waals surface area contributed by atoms with E-state index in [9.17, 15) is 0 Å². The van der Waals surface area contributed by atoms with Crippen LogP contribution in [0.5, 0.6) is 0 Å². The molecule has 1 saturated carbocycles. The zero-order chi connectivity index (χ0) is 19.8. The Kier molecular flexibility index (Phi) is 8.16. The summed E-state index contributed by atoms with van der Waals surface area (Å²) in [6, 6.07) is 11.4. The third kappa shape index (κ3) is 6.78. The number of likely N-dealkylation sites (tertiary alicyclic amines) is 1. The molecule has 5 heteroatoms. The van der Waals surface area contributed by atoms with Gasteiger partial charge in [0.25, 0.3) is 0 Å². The lowest BCUT2D eigenvalue weighted by Crippen LogP contribution is -2.41. The van der Waals surface area contributed by atoms with Crippen LogP contribution in [0.15, 0.2) is 35.3 Å². The van der Waals surface area contributed by atoms with Crippen molar-refractivity contribution in [2.24, 2.45) is 16.8 Å². The van der Waals surface area contributed by atoms with Crippen LogP contribution < -0.4 is 5.32 Å². The Bertz CT molecular complexity index is 602. The molecule has 1 N–H and O–H groups in total. The molecule has 0 radical (unpaired) electrons. The number of benzene rings is 1. The first-order chi connectivity index (χ1) is 13.7. The van der Waals surface area contributed by atoms with Gasteiger partial charge in [0.05, 0.1) is 6.61 Å². The Morgan fingerprint density at radius 3 is 2.75 bits per heavy atom. The minimum Gasteiger partial charge on any atom is -0.379 e. The van der Waals surface area contributed by atoms with E-state index in [1.807, 2.05) is 0 Å². The molecule has 1 aromatic carbocycles. The number of hydrogen-bond donors (Lipinski definition) is 1. The summed E-state index contributed by atoms with van der Waals surface area (Å²) in [7, 11) is 2.11. The van der Waals surface area contributed by atoms with E-state index in [2.05, 4.69) is 66.3 Å². The fourth-order valence-corrected chi connectivity index (χ4v) is 3.92. The second-order valence-electron chi connectivity index (χ2n) is 8.50. The number of rotatable bonds is 10. The maximum Gasteiger partial charge on any atom is 0.193 e. The molecule has 2 unspecified atom stereocenters. The molecule has 2 aliphatic rings. The summed E-state index contributed by atoms with van der Waals surface area (Å²) in [6.07, 6.45) is 3.92. The van der Waals surface area contributed by atoms with Crippen LogP contribution in [0.4, 0.5) is 0 Å². The molecule has 1 aliphatic carbocycles. The monoisotopic (exact) mass is 386 g/mol. The lowest BCUT2D eigenvalue weighted by Gasteiger charge is -2.22. The lowest BCUT2D eigenvalue weighted by molar-refractivity contribution is 0.115. The van der Waals surface area contributed by atoms with Crippen molar-refractivity contribution in [3.63, 3.8) is 0 Å². The average Bonchev–Trinajstić information content (AvgIpc) is 3.46. The van der Waals surface area contributed by atoms with Crippen LogP contribution in [0, 0.1) is 11.8 Å². The number of ether oxygens (including phenoxy) is 1. The molecule has 0 amide bonds. The van der Waals surface area contributed by atoms with Gasteiger partial charge in [0.2, 0.25) is 0 Å². The zero-order valence-electron chi connectivity index (χ0n) is 17.9. The van der Waals surface area contributed by atoms with E-state index in [4.69, 9.17) is 9.73 Å². The molecular formula is C23H38N4O.